The zero-order valence-electron chi connectivity index (χ0n) is 8.45. The summed E-state index contributed by atoms with van der Waals surface area (Å²) in [5.41, 5.74) is 6.76. The van der Waals surface area contributed by atoms with E-state index in [-0.39, 0.29) is 0 Å². The summed E-state index contributed by atoms with van der Waals surface area (Å²) in [5, 5.41) is 1.17. The predicted molar refractivity (Wildman–Crippen MR) is 57.8 cm³/mol. The van der Waals surface area contributed by atoms with Crippen LogP contribution in [0, 0.1) is 6.92 Å². The van der Waals surface area contributed by atoms with E-state index in [1.54, 1.807) is 11.3 Å². The summed E-state index contributed by atoms with van der Waals surface area (Å²) >= 11 is 1.78. The van der Waals surface area contributed by atoms with Gasteiger partial charge in [-0.15, -0.1) is 11.3 Å². The van der Waals surface area contributed by atoms with Crippen molar-refractivity contribution >= 4 is 11.3 Å². The van der Waals surface area contributed by atoms with Gasteiger partial charge in [0.15, 0.2) is 0 Å². The van der Waals surface area contributed by atoms with Crippen molar-refractivity contribution in [3.63, 3.8) is 0 Å². The minimum atomic E-state index is 0.526. The van der Waals surface area contributed by atoms with Crippen LogP contribution in [0.4, 0.5) is 0 Å². The fourth-order valence-electron chi connectivity index (χ4n) is 1.82. The molecule has 78 valence electrons. The molecule has 1 aliphatic rings. The SMILES string of the molecule is Cc1sc(CCN)nc1C1CCOC1. The van der Waals surface area contributed by atoms with Crippen molar-refractivity contribution in [2.45, 2.75) is 25.7 Å². The smallest absolute Gasteiger partial charge is 0.0943 e. The summed E-state index contributed by atoms with van der Waals surface area (Å²) < 4.78 is 5.38. The van der Waals surface area contributed by atoms with E-state index >= 15 is 0 Å². The maximum Gasteiger partial charge on any atom is 0.0943 e. The van der Waals surface area contributed by atoms with Gasteiger partial charge >= 0.3 is 0 Å². The molecular formula is C10H16N2OS. The first kappa shape index (κ1) is 10.1. The third kappa shape index (κ3) is 1.97. The zero-order valence-corrected chi connectivity index (χ0v) is 9.27. The predicted octanol–water partition coefficient (Wildman–Crippen LogP) is 1.46. The van der Waals surface area contributed by atoms with Gasteiger partial charge in [-0.05, 0) is 19.9 Å². The van der Waals surface area contributed by atoms with E-state index in [1.807, 2.05) is 0 Å². The van der Waals surface area contributed by atoms with Gasteiger partial charge in [0.25, 0.3) is 0 Å². The zero-order chi connectivity index (χ0) is 9.97. The monoisotopic (exact) mass is 212 g/mol. The quantitative estimate of drug-likeness (QED) is 0.825. The van der Waals surface area contributed by atoms with Gasteiger partial charge < -0.3 is 10.5 Å². The number of nitrogens with two attached hydrogens (primary N) is 1. The molecular weight excluding hydrogens is 196 g/mol. The van der Waals surface area contributed by atoms with Crippen molar-refractivity contribution in [2.75, 3.05) is 19.8 Å². The number of ether oxygens (including phenoxy) is 1. The molecule has 0 saturated carbocycles. The third-order valence-corrected chi connectivity index (χ3v) is 3.60. The first-order valence-electron chi connectivity index (χ1n) is 5.05. The molecule has 3 nitrogen and oxygen atoms in total. The van der Waals surface area contributed by atoms with Gasteiger partial charge in [0.05, 0.1) is 17.3 Å². The van der Waals surface area contributed by atoms with Crippen molar-refractivity contribution in [1.82, 2.24) is 4.98 Å². The molecule has 2 N–H and O–H groups in total. The molecule has 14 heavy (non-hydrogen) atoms. The summed E-state index contributed by atoms with van der Waals surface area (Å²) in [4.78, 5) is 5.98. The second kappa shape index (κ2) is 4.38. The molecule has 0 radical (unpaired) electrons. The number of aryl methyl sites for hydroxylation is 1. The third-order valence-electron chi connectivity index (χ3n) is 2.55. The summed E-state index contributed by atoms with van der Waals surface area (Å²) in [5.74, 6) is 0.526. The fourth-order valence-corrected chi connectivity index (χ4v) is 2.86. The van der Waals surface area contributed by atoms with Crippen LogP contribution in [0.15, 0.2) is 0 Å². The number of aromatic nitrogens is 1. The largest absolute Gasteiger partial charge is 0.381 e. The van der Waals surface area contributed by atoms with E-state index < -0.39 is 0 Å². The average Bonchev–Trinajstić information content (AvgIpc) is 2.74. The molecule has 1 saturated heterocycles. The Hall–Kier alpha value is -0.450. The van der Waals surface area contributed by atoms with Crippen LogP contribution in [0.5, 0.6) is 0 Å². The number of rotatable bonds is 3. The van der Waals surface area contributed by atoms with E-state index in [0.717, 1.165) is 26.1 Å². The van der Waals surface area contributed by atoms with Gasteiger partial charge in [0, 0.05) is 23.8 Å². The highest BCUT2D eigenvalue weighted by Gasteiger charge is 2.22. The average molecular weight is 212 g/mol. The van der Waals surface area contributed by atoms with Crippen LogP contribution in [0.3, 0.4) is 0 Å². The highest BCUT2D eigenvalue weighted by Crippen LogP contribution is 2.30. The number of hydrogen-bond donors (Lipinski definition) is 1. The van der Waals surface area contributed by atoms with Crippen molar-refractivity contribution in [1.29, 1.82) is 0 Å². The van der Waals surface area contributed by atoms with Crippen molar-refractivity contribution in [3.05, 3.63) is 15.6 Å². The molecule has 0 amide bonds. The standard InChI is InChI=1S/C10H16N2OS/c1-7-10(8-3-5-13-6-8)12-9(14-7)2-4-11/h8H,2-6,11H2,1H3. The van der Waals surface area contributed by atoms with Crippen LogP contribution >= 0.6 is 11.3 Å². The molecule has 0 bridgehead atoms. The van der Waals surface area contributed by atoms with Gasteiger partial charge in [-0.1, -0.05) is 0 Å². The lowest BCUT2D eigenvalue weighted by atomic mass is 10.0. The Kier molecular flexibility index (Phi) is 3.15. The summed E-state index contributed by atoms with van der Waals surface area (Å²) in [6, 6.07) is 0. The first-order valence-corrected chi connectivity index (χ1v) is 5.87. The van der Waals surface area contributed by atoms with Crippen molar-refractivity contribution in [3.8, 4) is 0 Å². The lowest BCUT2D eigenvalue weighted by Gasteiger charge is -2.03. The lowest BCUT2D eigenvalue weighted by Crippen LogP contribution is -2.03. The number of thiazole rings is 1. The minimum absolute atomic E-state index is 0.526. The molecule has 1 atom stereocenters. The molecule has 1 aliphatic heterocycles. The maximum atomic E-state index is 5.52. The molecule has 0 spiro atoms. The first-order chi connectivity index (χ1) is 6.81. The molecule has 1 fully saturated rings. The van der Waals surface area contributed by atoms with E-state index in [0.29, 0.717) is 12.5 Å². The van der Waals surface area contributed by atoms with Crippen LogP contribution in [-0.4, -0.2) is 24.7 Å². The number of nitrogens with zero attached hydrogens (tertiary/aromatic N) is 1. The Bertz CT molecular complexity index is 305. The molecule has 2 rings (SSSR count). The molecule has 4 heteroatoms. The van der Waals surface area contributed by atoms with Crippen LogP contribution in [0.1, 0.15) is 27.9 Å². The van der Waals surface area contributed by atoms with Crippen LogP contribution < -0.4 is 5.73 Å². The van der Waals surface area contributed by atoms with Gasteiger partial charge in [-0.3, -0.25) is 0 Å². The lowest BCUT2D eigenvalue weighted by molar-refractivity contribution is 0.193. The minimum Gasteiger partial charge on any atom is -0.381 e. The van der Waals surface area contributed by atoms with Gasteiger partial charge in [0.2, 0.25) is 0 Å². The Labute approximate surface area is 88.3 Å². The number of hydrogen-bond acceptors (Lipinski definition) is 4. The molecule has 1 aromatic rings. The van der Waals surface area contributed by atoms with Gasteiger partial charge in [-0.2, -0.15) is 0 Å². The van der Waals surface area contributed by atoms with E-state index in [9.17, 15) is 0 Å². The van der Waals surface area contributed by atoms with Crippen LogP contribution in [0.2, 0.25) is 0 Å². The van der Waals surface area contributed by atoms with E-state index in [1.165, 1.54) is 15.6 Å². The van der Waals surface area contributed by atoms with Crippen molar-refractivity contribution < 1.29 is 4.74 Å². The molecule has 0 aromatic carbocycles. The maximum absolute atomic E-state index is 5.52. The Balaban J connectivity index is 2.15. The Morgan fingerprint density at radius 3 is 3.14 bits per heavy atom. The summed E-state index contributed by atoms with van der Waals surface area (Å²) in [6.07, 6.45) is 2.02. The summed E-state index contributed by atoms with van der Waals surface area (Å²) in [6.45, 7) is 4.55. The normalized spacial score (nSPS) is 21.7. The highest BCUT2D eigenvalue weighted by atomic mass is 32.1. The Morgan fingerprint density at radius 1 is 1.64 bits per heavy atom. The molecule has 1 aromatic heterocycles. The van der Waals surface area contributed by atoms with Crippen LogP contribution in [0.25, 0.3) is 0 Å². The topological polar surface area (TPSA) is 48.1 Å². The van der Waals surface area contributed by atoms with Crippen molar-refractivity contribution in [2.24, 2.45) is 5.73 Å². The summed E-state index contributed by atoms with van der Waals surface area (Å²) in [7, 11) is 0. The van der Waals surface area contributed by atoms with E-state index in [2.05, 4.69) is 11.9 Å². The highest BCUT2D eigenvalue weighted by molar-refractivity contribution is 7.11. The molecule has 2 heterocycles. The van der Waals surface area contributed by atoms with Crippen LogP contribution in [-0.2, 0) is 11.2 Å². The molecule has 0 aliphatic carbocycles. The van der Waals surface area contributed by atoms with Gasteiger partial charge in [-0.25, -0.2) is 4.98 Å². The van der Waals surface area contributed by atoms with E-state index in [4.69, 9.17) is 10.5 Å². The van der Waals surface area contributed by atoms with Gasteiger partial charge in [0.1, 0.15) is 0 Å². The Morgan fingerprint density at radius 2 is 2.50 bits per heavy atom. The second-order valence-corrected chi connectivity index (χ2v) is 4.94. The molecule has 1 unspecified atom stereocenters. The second-order valence-electron chi connectivity index (χ2n) is 3.65. The fraction of sp³-hybridized carbons (Fsp3) is 0.700.